The van der Waals surface area contributed by atoms with Gasteiger partial charge in [0.25, 0.3) is 0 Å². The topological polar surface area (TPSA) is 88.4 Å². The van der Waals surface area contributed by atoms with Crippen molar-refractivity contribution in [2.45, 2.75) is 34.0 Å². The lowest BCUT2D eigenvalue weighted by molar-refractivity contribution is -0.268. The molecule has 10 nitrogen and oxygen atoms in total. The van der Waals surface area contributed by atoms with Crippen LogP contribution in [0.4, 0.5) is 0 Å². The molecule has 214 valence electrons. The Kier molecular flexibility index (Phi) is 7.53. The van der Waals surface area contributed by atoms with Crippen LogP contribution in [0.15, 0.2) is 123 Å². The number of hydrogen-bond acceptors (Lipinski definition) is 10. The molecule has 8 heterocycles. The first-order valence-corrected chi connectivity index (χ1v) is 16.7. The first kappa shape index (κ1) is 28.2. The smallest absolute Gasteiger partial charge is 0.274 e. The standard InChI is InChI=1S/C26H16N9OS5.C2H6/c36-25-31(17-1-9-27-10-2-17)21-22(32(25)18-3-11-28-12-4-18)39-35(38-21)40-23-24(41-35)34(20-7-15-30-16-8-20)26(37)33(23)19-5-13-29-14-6-19;1-2/h1-16H;1-2H3/q+1;. The van der Waals surface area contributed by atoms with Crippen LogP contribution in [0.3, 0.4) is 0 Å². The maximum absolute atomic E-state index is 13.9. The lowest BCUT2D eigenvalue weighted by Gasteiger charge is -2.18. The molecular weight excluding hydrogens is 639 g/mol. The minimum atomic E-state index is -0.141. The van der Waals surface area contributed by atoms with Crippen LogP contribution >= 0.6 is 60.0 Å². The molecule has 0 aliphatic carbocycles. The van der Waals surface area contributed by atoms with Crippen LogP contribution in [0.25, 0.3) is 22.7 Å². The van der Waals surface area contributed by atoms with Crippen LogP contribution in [0, 0.1) is 4.77 Å². The molecule has 1 spiro atoms. The highest BCUT2D eigenvalue weighted by atomic mass is 32.3. The molecule has 0 radical (unpaired) electrons. The molecule has 6 aromatic rings. The van der Waals surface area contributed by atoms with Gasteiger partial charge in [-0.15, -0.1) is 0 Å². The van der Waals surface area contributed by atoms with E-state index in [4.69, 9.17) is 12.2 Å². The summed E-state index contributed by atoms with van der Waals surface area (Å²) in [6.45, 7) is 4.00. The van der Waals surface area contributed by atoms with Gasteiger partial charge >= 0.3 is 5.69 Å². The van der Waals surface area contributed by atoms with Crippen molar-refractivity contribution in [3.63, 3.8) is 0 Å². The fourth-order valence-electron chi connectivity index (χ4n) is 4.67. The SMILES string of the molecule is CC.O=c1n(-c2ccncc2)c2c(n1-c1ccncc1)S[N+]1(S2)Sc2c(n(-c3ccncc3)c(=S)n2-c2ccncc2)S1. The summed E-state index contributed by atoms with van der Waals surface area (Å²) in [4.78, 5) is 30.6. The molecule has 0 N–H and O–H groups in total. The van der Waals surface area contributed by atoms with Gasteiger partial charge in [0.15, 0.2) is 72.7 Å². The molecule has 0 unspecified atom stereocenters. The number of nitrogens with zero attached hydrogens (tertiary/aromatic N) is 9. The highest BCUT2D eigenvalue weighted by Gasteiger charge is 2.58. The van der Waals surface area contributed by atoms with Gasteiger partial charge in [-0.05, 0) is 60.7 Å². The first-order valence-electron chi connectivity index (χ1n) is 13.2. The zero-order valence-electron chi connectivity index (χ0n) is 22.7. The molecule has 0 saturated heterocycles. The van der Waals surface area contributed by atoms with Gasteiger partial charge in [0.1, 0.15) is 0 Å². The van der Waals surface area contributed by atoms with Gasteiger partial charge in [0.05, 0.1) is 22.7 Å². The Morgan fingerprint density at radius 1 is 0.512 bits per heavy atom. The van der Waals surface area contributed by atoms with Crippen LogP contribution < -0.4 is 5.69 Å². The van der Waals surface area contributed by atoms with Crippen molar-refractivity contribution < 1.29 is 2.10 Å². The molecule has 0 atom stereocenters. The summed E-state index contributed by atoms with van der Waals surface area (Å²) in [6.07, 6.45) is 13.9. The Morgan fingerprint density at radius 2 is 0.767 bits per heavy atom. The summed E-state index contributed by atoms with van der Waals surface area (Å²) in [5.41, 5.74) is 3.25. The summed E-state index contributed by atoms with van der Waals surface area (Å²) in [7, 11) is 0. The zero-order valence-corrected chi connectivity index (χ0v) is 26.8. The Balaban J connectivity index is 0.00000147. The van der Waals surface area contributed by atoms with Gasteiger partial charge in [0, 0.05) is 49.6 Å². The first-order chi connectivity index (χ1) is 21.1. The van der Waals surface area contributed by atoms with Gasteiger partial charge in [-0.3, -0.25) is 29.1 Å². The monoisotopic (exact) mass is 660 g/mol. The number of hydrogen-bond donors (Lipinski definition) is 0. The second kappa shape index (κ2) is 11.5. The highest BCUT2D eigenvalue weighted by Crippen LogP contribution is 2.71. The second-order valence-electron chi connectivity index (χ2n) is 8.76. The molecule has 0 bridgehead atoms. The number of fused-ring (bicyclic) bond motifs is 2. The lowest BCUT2D eigenvalue weighted by atomic mass is 10.4. The third-order valence-corrected chi connectivity index (χ3v) is 12.8. The van der Waals surface area contributed by atoms with Crippen LogP contribution in [0.5, 0.6) is 0 Å². The van der Waals surface area contributed by atoms with Crippen molar-refractivity contribution >= 4 is 60.0 Å². The minimum absolute atomic E-state index is 0.141. The number of rotatable bonds is 4. The molecule has 2 aliphatic heterocycles. The molecule has 43 heavy (non-hydrogen) atoms. The van der Waals surface area contributed by atoms with Crippen molar-refractivity contribution in [3.05, 3.63) is 113 Å². The Morgan fingerprint density at radius 3 is 1.07 bits per heavy atom. The van der Waals surface area contributed by atoms with Gasteiger partial charge in [-0.25, -0.2) is 13.9 Å². The molecule has 0 aromatic carbocycles. The van der Waals surface area contributed by atoms with E-state index >= 15 is 0 Å². The Hall–Kier alpha value is -3.60. The quantitative estimate of drug-likeness (QED) is 0.111. The van der Waals surface area contributed by atoms with Crippen molar-refractivity contribution in [2.24, 2.45) is 0 Å². The largest absolute Gasteiger partial charge is 0.339 e. The van der Waals surface area contributed by atoms with E-state index in [9.17, 15) is 4.79 Å². The average Bonchev–Trinajstić information content (AvgIpc) is 3.74. The minimum Gasteiger partial charge on any atom is -0.274 e. The van der Waals surface area contributed by atoms with E-state index in [1.165, 1.54) is 0 Å². The van der Waals surface area contributed by atoms with E-state index in [-0.39, 0.29) is 5.69 Å². The van der Waals surface area contributed by atoms with E-state index in [0.29, 0.717) is 6.88 Å². The fourth-order valence-corrected chi connectivity index (χ4v) is 11.7. The molecule has 6 aromatic heterocycles. The third-order valence-electron chi connectivity index (χ3n) is 6.42. The van der Waals surface area contributed by atoms with Gasteiger partial charge < -0.3 is 0 Å². The second-order valence-corrected chi connectivity index (χ2v) is 15.0. The number of aromatic nitrogens is 8. The van der Waals surface area contributed by atoms with Crippen molar-refractivity contribution in [3.8, 4) is 22.7 Å². The van der Waals surface area contributed by atoms with Crippen molar-refractivity contribution in [1.82, 2.24) is 38.2 Å². The predicted octanol–water partition coefficient (Wildman–Crippen LogP) is 7.12. The highest BCUT2D eigenvalue weighted by molar-refractivity contribution is 8.31. The molecule has 8 rings (SSSR count). The summed E-state index contributed by atoms with van der Waals surface area (Å²) >= 11 is 12.7. The summed E-state index contributed by atoms with van der Waals surface area (Å²) < 4.78 is 8.80. The van der Waals surface area contributed by atoms with Crippen LogP contribution in [-0.2, 0) is 0 Å². The van der Waals surface area contributed by atoms with Crippen LogP contribution in [-0.4, -0.2) is 40.3 Å². The van der Waals surface area contributed by atoms with E-state index in [1.807, 2.05) is 62.4 Å². The molecule has 0 fully saturated rings. The molecule has 0 saturated carbocycles. The Labute approximate surface area is 269 Å². The van der Waals surface area contributed by atoms with Crippen molar-refractivity contribution in [1.29, 1.82) is 0 Å². The fraction of sp³-hybridized carbons (Fsp3) is 0.0714. The van der Waals surface area contributed by atoms with Gasteiger partial charge in [-0.1, -0.05) is 16.0 Å². The maximum atomic E-state index is 13.9. The molecule has 2 aliphatic rings. The summed E-state index contributed by atoms with van der Waals surface area (Å²) in [5, 5.41) is 3.75. The zero-order chi connectivity index (χ0) is 29.6. The predicted molar refractivity (Wildman–Crippen MR) is 174 cm³/mol. The van der Waals surface area contributed by atoms with Crippen molar-refractivity contribution in [2.75, 3.05) is 0 Å². The van der Waals surface area contributed by atoms with E-state index in [1.54, 1.807) is 107 Å². The van der Waals surface area contributed by atoms with Gasteiger partial charge in [-0.2, -0.15) is 0 Å². The number of quaternary nitrogens is 1. The normalized spacial score (nSPS) is 14.3. The van der Waals surface area contributed by atoms with E-state index in [0.717, 1.165) is 42.9 Å². The van der Waals surface area contributed by atoms with E-state index in [2.05, 4.69) is 29.1 Å². The van der Waals surface area contributed by atoms with Crippen LogP contribution in [0.1, 0.15) is 13.8 Å². The summed E-state index contributed by atoms with van der Waals surface area (Å²) in [6, 6.07) is 15.2. The Bertz CT molecular complexity index is 1750. The van der Waals surface area contributed by atoms with E-state index < -0.39 is 0 Å². The maximum Gasteiger partial charge on any atom is 0.339 e. The van der Waals surface area contributed by atoms with Gasteiger partial charge in [0.2, 0.25) is 0 Å². The number of imidazole rings is 2. The molecular formula is C28H22N9OS5+. The summed E-state index contributed by atoms with van der Waals surface area (Å²) in [5.74, 6) is 0. The third kappa shape index (κ3) is 4.67. The average molecular weight is 661 g/mol. The molecule has 0 amide bonds. The molecule has 15 heteroatoms. The lowest BCUT2D eigenvalue weighted by Crippen LogP contribution is -2.24. The number of pyridine rings is 4. The van der Waals surface area contributed by atoms with Crippen LogP contribution in [0.2, 0.25) is 0 Å².